The summed E-state index contributed by atoms with van der Waals surface area (Å²) < 4.78 is 40.8. The zero-order valence-corrected chi connectivity index (χ0v) is 13.0. The molecular formula is C16H17F3N4O. The smallest absolute Gasteiger partial charge is 0.262 e. The van der Waals surface area contributed by atoms with Crippen molar-refractivity contribution in [2.24, 2.45) is 0 Å². The third-order valence-electron chi connectivity index (χ3n) is 3.97. The van der Waals surface area contributed by atoms with Crippen molar-refractivity contribution in [2.45, 2.75) is 31.9 Å². The van der Waals surface area contributed by atoms with E-state index in [1.54, 1.807) is 29.9 Å². The quantitative estimate of drug-likeness (QED) is 0.896. The number of nitrogens with zero attached hydrogens (tertiary/aromatic N) is 2. The number of halogens is 3. The van der Waals surface area contributed by atoms with Crippen LogP contribution >= 0.6 is 0 Å². The van der Waals surface area contributed by atoms with Crippen LogP contribution < -0.4 is 10.6 Å². The molecule has 1 unspecified atom stereocenters. The molecule has 1 aliphatic rings. The van der Waals surface area contributed by atoms with Gasteiger partial charge in [0.05, 0.1) is 24.0 Å². The average Bonchev–Trinajstić information content (AvgIpc) is 3.08. The highest BCUT2D eigenvalue weighted by atomic mass is 19.3. The first-order chi connectivity index (χ1) is 11.3. The Morgan fingerprint density at radius 3 is 2.75 bits per heavy atom. The Bertz CT molecular complexity index is 742. The predicted octanol–water partition coefficient (Wildman–Crippen LogP) is 1.93. The van der Waals surface area contributed by atoms with Gasteiger partial charge in [-0.1, -0.05) is 0 Å². The van der Waals surface area contributed by atoms with Gasteiger partial charge in [0.25, 0.3) is 5.92 Å². The first-order valence-corrected chi connectivity index (χ1v) is 7.54. The van der Waals surface area contributed by atoms with Crippen molar-refractivity contribution in [3.8, 4) is 5.69 Å². The molecule has 24 heavy (non-hydrogen) atoms. The Kier molecular flexibility index (Phi) is 4.31. The monoisotopic (exact) mass is 338 g/mol. The maximum atomic E-state index is 13.1. The van der Waals surface area contributed by atoms with Gasteiger partial charge < -0.3 is 5.32 Å². The van der Waals surface area contributed by atoms with Crippen molar-refractivity contribution in [3.63, 3.8) is 0 Å². The second-order valence-corrected chi connectivity index (χ2v) is 5.87. The maximum Gasteiger partial charge on any atom is 0.262 e. The van der Waals surface area contributed by atoms with Gasteiger partial charge in [-0.15, -0.1) is 0 Å². The number of alkyl halides is 2. The highest BCUT2D eigenvalue weighted by Crippen LogP contribution is 2.25. The van der Waals surface area contributed by atoms with Gasteiger partial charge in [0.2, 0.25) is 5.91 Å². The molecule has 0 radical (unpaired) electrons. The zero-order valence-electron chi connectivity index (χ0n) is 13.0. The molecule has 8 heteroatoms. The Hall–Kier alpha value is -2.35. The van der Waals surface area contributed by atoms with E-state index in [0.717, 1.165) is 5.56 Å². The molecule has 1 atom stereocenters. The molecule has 0 saturated carbocycles. The molecule has 3 rings (SSSR count). The van der Waals surface area contributed by atoms with Crippen LogP contribution in [0.4, 0.5) is 13.2 Å². The molecule has 1 saturated heterocycles. The molecule has 0 bridgehead atoms. The van der Waals surface area contributed by atoms with Crippen molar-refractivity contribution >= 4 is 5.91 Å². The number of amides is 1. The third-order valence-corrected chi connectivity index (χ3v) is 3.97. The topological polar surface area (TPSA) is 59.0 Å². The molecular weight excluding hydrogens is 321 g/mol. The summed E-state index contributed by atoms with van der Waals surface area (Å²) in [6.07, 6.45) is 1.23. The van der Waals surface area contributed by atoms with Crippen LogP contribution in [0, 0.1) is 12.7 Å². The highest BCUT2D eigenvalue weighted by molar-refractivity contribution is 5.82. The summed E-state index contributed by atoms with van der Waals surface area (Å²) in [5, 5.41) is 9.48. The van der Waals surface area contributed by atoms with Gasteiger partial charge in [-0.2, -0.15) is 5.10 Å². The Morgan fingerprint density at radius 1 is 1.42 bits per heavy atom. The first-order valence-electron chi connectivity index (χ1n) is 7.54. The number of carbonyl (C=O) groups is 1. The number of nitrogens with one attached hydrogen (secondary N) is 2. The Morgan fingerprint density at radius 2 is 2.12 bits per heavy atom. The standard InChI is InChI=1S/C16H17F3N4O/c1-10-11(7-20-15(24)14-6-16(18,19)9-21-14)8-23(22-10)13-4-2-12(17)3-5-13/h2-5,8,14,21H,6-7,9H2,1H3,(H,20,24). The fraction of sp³-hybridized carbons (Fsp3) is 0.375. The van der Waals surface area contributed by atoms with Crippen molar-refractivity contribution in [1.82, 2.24) is 20.4 Å². The summed E-state index contributed by atoms with van der Waals surface area (Å²) in [5.74, 6) is -3.64. The molecule has 2 heterocycles. The molecule has 1 aromatic heterocycles. The van der Waals surface area contributed by atoms with Crippen LogP contribution in [0.1, 0.15) is 17.7 Å². The van der Waals surface area contributed by atoms with Gasteiger partial charge in [0.1, 0.15) is 5.82 Å². The molecule has 0 aliphatic carbocycles. The van der Waals surface area contributed by atoms with Gasteiger partial charge in [-0.25, -0.2) is 17.9 Å². The summed E-state index contributed by atoms with van der Waals surface area (Å²) in [5.41, 5.74) is 2.15. The van der Waals surface area contributed by atoms with Crippen LogP contribution in [0.15, 0.2) is 30.5 Å². The number of hydrogen-bond acceptors (Lipinski definition) is 3. The molecule has 2 aromatic rings. The number of rotatable bonds is 4. The van der Waals surface area contributed by atoms with Crippen LogP contribution in [0.25, 0.3) is 5.69 Å². The van der Waals surface area contributed by atoms with E-state index >= 15 is 0 Å². The van der Waals surface area contributed by atoms with Gasteiger partial charge in [0.15, 0.2) is 0 Å². The molecule has 1 fully saturated rings. The zero-order chi connectivity index (χ0) is 17.3. The summed E-state index contributed by atoms with van der Waals surface area (Å²) >= 11 is 0. The molecule has 1 amide bonds. The summed E-state index contributed by atoms with van der Waals surface area (Å²) in [6.45, 7) is 1.49. The van der Waals surface area contributed by atoms with E-state index in [-0.39, 0.29) is 12.4 Å². The van der Waals surface area contributed by atoms with Crippen LogP contribution in [-0.2, 0) is 11.3 Å². The van der Waals surface area contributed by atoms with Gasteiger partial charge in [0, 0.05) is 24.7 Å². The normalized spacial score (nSPS) is 19.4. The Balaban J connectivity index is 1.64. The maximum absolute atomic E-state index is 13.1. The van der Waals surface area contributed by atoms with Gasteiger partial charge in [-0.3, -0.25) is 10.1 Å². The minimum Gasteiger partial charge on any atom is -0.351 e. The minimum atomic E-state index is -2.84. The van der Waals surface area contributed by atoms with E-state index in [2.05, 4.69) is 15.7 Å². The van der Waals surface area contributed by atoms with Crippen molar-refractivity contribution < 1.29 is 18.0 Å². The van der Waals surface area contributed by atoms with Crippen LogP contribution in [0.5, 0.6) is 0 Å². The average molecular weight is 338 g/mol. The number of aromatic nitrogens is 2. The molecule has 1 aromatic carbocycles. The lowest BCUT2D eigenvalue weighted by Gasteiger charge is -2.10. The highest BCUT2D eigenvalue weighted by Gasteiger charge is 2.42. The predicted molar refractivity (Wildman–Crippen MR) is 81.5 cm³/mol. The van der Waals surface area contributed by atoms with E-state index in [0.29, 0.717) is 11.4 Å². The van der Waals surface area contributed by atoms with Gasteiger partial charge >= 0.3 is 0 Å². The first kappa shape index (κ1) is 16.5. The molecule has 5 nitrogen and oxygen atoms in total. The lowest BCUT2D eigenvalue weighted by Crippen LogP contribution is -2.40. The number of carbonyl (C=O) groups excluding carboxylic acids is 1. The number of hydrogen-bond donors (Lipinski definition) is 2. The molecule has 1 aliphatic heterocycles. The summed E-state index contributed by atoms with van der Waals surface area (Å²) in [7, 11) is 0. The van der Waals surface area contributed by atoms with E-state index in [1.807, 2.05) is 0 Å². The van der Waals surface area contributed by atoms with Crippen LogP contribution in [-0.4, -0.2) is 34.2 Å². The fourth-order valence-corrected chi connectivity index (χ4v) is 2.60. The van der Waals surface area contributed by atoms with Crippen molar-refractivity contribution in [3.05, 3.63) is 47.5 Å². The second-order valence-electron chi connectivity index (χ2n) is 5.87. The number of benzene rings is 1. The summed E-state index contributed by atoms with van der Waals surface area (Å²) in [6, 6.07) is 4.97. The van der Waals surface area contributed by atoms with Crippen molar-refractivity contribution in [2.75, 3.05) is 6.54 Å². The minimum absolute atomic E-state index is 0.190. The van der Waals surface area contributed by atoms with E-state index in [1.165, 1.54) is 12.1 Å². The van der Waals surface area contributed by atoms with E-state index in [9.17, 15) is 18.0 Å². The molecule has 2 N–H and O–H groups in total. The molecule has 0 spiro atoms. The van der Waals surface area contributed by atoms with Crippen molar-refractivity contribution in [1.29, 1.82) is 0 Å². The Labute approximate surface area is 136 Å². The second kappa shape index (κ2) is 6.27. The lowest BCUT2D eigenvalue weighted by atomic mass is 10.2. The van der Waals surface area contributed by atoms with E-state index < -0.39 is 30.8 Å². The number of aryl methyl sites for hydroxylation is 1. The van der Waals surface area contributed by atoms with Crippen LogP contribution in [0.2, 0.25) is 0 Å². The van der Waals surface area contributed by atoms with Gasteiger partial charge in [-0.05, 0) is 31.2 Å². The third kappa shape index (κ3) is 3.59. The fourth-order valence-electron chi connectivity index (χ4n) is 2.60. The lowest BCUT2D eigenvalue weighted by molar-refractivity contribution is -0.123. The van der Waals surface area contributed by atoms with E-state index in [4.69, 9.17) is 0 Å². The summed E-state index contributed by atoms with van der Waals surface area (Å²) in [4.78, 5) is 12.0. The SMILES string of the molecule is Cc1nn(-c2ccc(F)cc2)cc1CNC(=O)C1CC(F)(F)CN1. The van der Waals surface area contributed by atoms with Crippen LogP contribution in [0.3, 0.4) is 0 Å². The molecule has 128 valence electrons. The largest absolute Gasteiger partial charge is 0.351 e.